The minimum atomic E-state index is -4.50. The first-order valence-electron chi connectivity index (χ1n) is 12.1. The van der Waals surface area contributed by atoms with Crippen molar-refractivity contribution < 1.29 is 18.0 Å². The predicted octanol–water partition coefficient (Wildman–Crippen LogP) is 6.17. The van der Waals surface area contributed by atoms with Crippen LogP contribution in [0.4, 0.5) is 29.3 Å². The summed E-state index contributed by atoms with van der Waals surface area (Å²) in [6, 6.07) is 10.5. The quantitative estimate of drug-likeness (QED) is 0.301. The molecule has 2 amide bonds. The van der Waals surface area contributed by atoms with E-state index in [0.29, 0.717) is 12.1 Å². The first-order chi connectivity index (χ1) is 17.8. The molecule has 37 heavy (non-hydrogen) atoms. The lowest BCUT2D eigenvalue weighted by atomic mass is 9.88. The van der Waals surface area contributed by atoms with E-state index in [1.807, 2.05) is 19.2 Å². The molecule has 2 aromatic carbocycles. The van der Waals surface area contributed by atoms with E-state index < -0.39 is 17.8 Å². The second-order valence-electron chi connectivity index (χ2n) is 9.50. The Labute approximate surface area is 212 Å². The summed E-state index contributed by atoms with van der Waals surface area (Å²) in [5, 5.41) is 13.0. The van der Waals surface area contributed by atoms with Crippen molar-refractivity contribution in [3.05, 3.63) is 72.2 Å². The molecule has 0 spiro atoms. The lowest BCUT2D eigenvalue weighted by Gasteiger charge is -2.29. The van der Waals surface area contributed by atoms with Crippen molar-refractivity contribution in [1.82, 2.24) is 20.1 Å². The van der Waals surface area contributed by atoms with Crippen molar-refractivity contribution >= 4 is 28.3 Å². The van der Waals surface area contributed by atoms with Gasteiger partial charge in [-0.25, -0.2) is 4.79 Å². The van der Waals surface area contributed by atoms with Gasteiger partial charge in [-0.05, 0) is 80.7 Å². The number of benzene rings is 2. The standard InChI is InChI=1S/C27H27F3N6O/c1-36-10-8-17(9-11-36)12-19-4-7-21(13-24(19)27(28,29)30)34-26(37)33-20-5-2-18(3-6-20)22-14-31-16-25-23(22)15-32-35-25/h2-7,13-17H,8-12H2,1H3,(H,32,35)(H2,33,34,37). The molecule has 0 bridgehead atoms. The number of fused-ring (bicyclic) bond motifs is 1. The molecule has 1 fully saturated rings. The highest BCUT2D eigenvalue weighted by atomic mass is 19.4. The molecular weight excluding hydrogens is 481 g/mol. The van der Waals surface area contributed by atoms with Crippen LogP contribution in [0.5, 0.6) is 0 Å². The number of aromatic nitrogens is 3. The van der Waals surface area contributed by atoms with E-state index in [0.717, 1.165) is 54.0 Å². The molecule has 0 aliphatic carbocycles. The Bertz CT molecular complexity index is 1390. The Kier molecular flexibility index (Phi) is 6.84. The van der Waals surface area contributed by atoms with Crippen LogP contribution in [0.15, 0.2) is 61.1 Å². The molecule has 2 aromatic heterocycles. The highest BCUT2D eigenvalue weighted by Gasteiger charge is 2.34. The Morgan fingerprint density at radius 2 is 1.73 bits per heavy atom. The third kappa shape index (κ3) is 5.75. The van der Waals surface area contributed by atoms with Crippen molar-refractivity contribution in [3.63, 3.8) is 0 Å². The molecule has 192 valence electrons. The van der Waals surface area contributed by atoms with E-state index in [-0.39, 0.29) is 17.2 Å². The fourth-order valence-electron chi connectivity index (χ4n) is 4.79. The van der Waals surface area contributed by atoms with Gasteiger partial charge in [0.1, 0.15) is 0 Å². The van der Waals surface area contributed by atoms with Gasteiger partial charge in [0.15, 0.2) is 0 Å². The number of nitrogens with zero attached hydrogens (tertiary/aromatic N) is 3. The number of H-pyrrole nitrogens is 1. The molecule has 7 nitrogen and oxygen atoms in total. The summed E-state index contributed by atoms with van der Waals surface area (Å²) in [7, 11) is 2.02. The van der Waals surface area contributed by atoms with Gasteiger partial charge in [-0.1, -0.05) is 18.2 Å². The van der Waals surface area contributed by atoms with Gasteiger partial charge in [-0.2, -0.15) is 18.3 Å². The average molecular weight is 509 g/mol. The number of likely N-dealkylation sites (tertiary alicyclic amines) is 1. The number of pyridine rings is 1. The molecule has 0 radical (unpaired) electrons. The highest BCUT2D eigenvalue weighted by molar-refractivity contribution is 6.00. The van der Waals surface area contributed by atoms with Gasteiger partial charge in [-0.3, -0.25) is 10.1 Å². The van der Waals surface area contributed by atoms with Gasteiger partial charge in [0.25, 0.3) is 0 Å². The zero-order valence-electron chi connectivity index (χ0n) is 20.3. The lowest BCUT2D eigenvalue weighted by Crippen LogP contribution is -2.31. The first-order valence-corrected chi connectivity index (χ1v) is 12.1. The van der Waals surface area contributed by atoms with Crippen LogP contribution in [0, 0.1) is 5.92 Å². The van der Waals surface area contributed by atoms with Crippen molar-refractivity contribution in [2.75, 3.05) is 30.8 Å². The van der Waals surface area contributed by atoms with E-state index in [9.17, 15) is 18.0 Å². The van der Waals surface area contributed by atoms with Crippen LogP contribution in [0.2, 0.25) is 0 Å². The van der Waals surface area contributed by atoms with E-state index in [4.69, 9.17) is 0 Å². The summed E-state index contributed by atoms with van der Waals surface area (Å²) in [6.07, 6.45) is 2.78. The fourth-order valence-corrected chi connectivity index (χ4v) is 4.79. The number of hydrogen-bond acceptors (Lipinski definition) is 4. The number of alkyl halides is 3. The second kappa shape index (κ2) is 10.2. The molecule has 0 unspecified atom stereocenters. The Morgan fingerprint density at radius 1 is 1.03 bits per heavy atom. The van der Waals surface area contributed by atoms with Crippen molar-refractivity contribution in [2.24, 2.45) is 5.92 Å². The average Bonchev–Trinajstić information content (AvgIpc) is 3.35. The largest absolute Gasteiger partial charge is 0.416 e. The van der Waals surface area contributed by atoms with Gasteiger partial charge < -0.3 is 15.5 Å². The van der Waals surface area contributed by atoms with Gasteiger partial charge >= 0.3 is 12.2 Å². The molecule has 1 aliphatic rings. The SMILES string of the molecule is CN1CCC(Cc2ccc(NC(=O)Nc3ccc(-c4cncc5[nH]ncc45)cc3)cc2C(F)(F)F)CC1. The van der Waals surface area contributed by atoms with Crippen LogP contribution in [0.3, 0.4) is 0 Å². The van der Waals surface area contributed by atoms with Crippen LogP contribution < -0.4 is 10.6 Å². The number of carbonyl (C=O) groups is 1. The summed E-state index contributed by atoms with van der Waals surface area (Å²) in [6.45, 7) is 1.78. The lowest BCUT2D eigenvalue weighted by molar-refractivity contribution is -0.138. The van der Waals surface area contributed by atoms with Crippen molar-refractivity contribution in [2.45, 2.75) is 25.4 Å². The Balaban J connectivity index is 1.26. The second-order valence-corrected chi connectivity index (χ2v) is 9.50. The van der Waals surface area contributed by atoms with Crippen LogP contribution in [0.25, 0.3) is 22.0 Å². The minimum absolute atomic E-state index is 0.0892. The molecule has 3 heterocycles. The molecule has 10 heteroatoms. The molecule has 5 rings (SSSR count). The topological polar surface area (TPSA) is 85.9 Å². The molecular formula is C27H27F3N6O. The molecule has 1 saturated heterocycles. The minimum Gasteiger partial charge on any atom is -0.308 e. The molecule has 1 aliphatic heterocycles. The van der Waals surface area contributed by atoms with Gasteiger partial charge in [0.05, 0.1) is 23.5 Å². The fraction of sp³-hybridized carbons (Fsp3) is 0.296. The number of aromatic amines is 1. The number of nitrogens with one attached hydrogen (secondary N) is 3. The highest BCUT2D eigenvalue weighted by Crippen LogP contribution is 2.36. The van der Waals surface area contributed by atoms with Gasteiger partial charge in [-0.15, -0.1) is 0 Å². The summed E-state index contributed by atoms with van der Waals surface area (Å²) in [5.74, 6) is 0.221. The molecule has 0 saturated carbocycles. The Hall–Kier alpha value is -3.92. The predicted molar refractivity (Wildman–Crippen MR) is 137 cm³/mol. The van der Waals surface area contributed by atoms with Crippen molar-refractivity contribution in [1.29, 1.82) is 0 Å². The zero-order valence-corrected chi connectivity index (χ0v) is 20.3. The Morgan fingerprint density at radius 3 is 2.46 bits per heavy atom. The molecule has 0 atom stereocenters. The number of anilines is 2. The van der Waals surface area contributed by atoms with Crippen LogP contribution in [-0.4, -0.2) is 46.2 Å². The molecule has 4 aromatic rings. The maximum atomic E-state index is 13.8. The van der Waals surface area contributed by atoms with E-state index in [2.05, 4.69) is 30.7 Å². The molecule has 3 N–H and O–H groups in total. The number of urea groups is 1. The van der Waals surface area contributed by atoms with Crippen molar-refractivity contribution in [3.8, 4) is 11.1 Å². The van der Waals surface area contributed by atoms with Crippen LogP contribution in [0.1, 0.15) is 24.0 Å². The number of hydrogen-bond donors (Lipinski definition) is 3. The number of carbonyl (C=O) groups excluding carboxylic acids is 1. The van der Waals surface area contributed by atoms with Gasteiger partial charge in [0.2, 0.25) is 0 Å². The van der Waals surface area contributed by atoms with Crippen LogP contribution >= 0.6 is 0 Å². The number of piperidine rings is 1. The smallest absolute Gasteiger partial charge is 0.308 e. The summed E-state index contributed by atoms with van der Waals surface area (Å²) in [4.78, 5) is 18.9. The maximum absolute atomic E-state index is 13.8. The third-order valence-electron chi connectivity index (χ3n) is 6.84. The zero-order chi connectivity index (χ0) is 26.0. The van der Waals surface area contributed by atoms with Gasteiger partial charge in [0, 0.05) is 28.5 Å². The first kappa shape index (κ1) is 24.8. The monoisotopic (exact) mass is 508 g/mol. The van der Waals surface area contributed by atoms with E-state index in [1.165, 1.54) is 12.1 Å². The maximum Gasteiger partial charge on any atom is 0.416 e. The normalized spacial score (nSPS) is 15.1. The number of amides is 2. The summed E-state index contributed by atoms with van der Waals surface area (Å²) < 4.78 is 41.5. The number of rotatable bonds is 5. The van der Waals surface area contributed by atoms with E-state index in [1.54, 1.807) is 30.7 Å². The van der Waals surface area contributed by atoms with Crippen LogP contribution in [-0.2, 0) is 12.6 Å². The number of halogens is 3. The summed E-state index contributed by atoms with van der Waals surface area (Å²) >= 11 is 0. The summed E-state index contributed by atoms with van der Waals surface area (Å²) in [5.41, 5.74) is 2.76. The third-order valence-corrected chi connectivity index (χ3v) is 6.84. The van der Waals surface area contributed by atoms with E-state index >= 15 is 0 Å².